The van der Waals surface area contributed by atoms with E-state index in [2.05, 4.69) is 6.92 Å². The van der Waals surface area contributed by atoms with E-state index in [1.54, 1.807) is 0 Å². The van der Waals surface area contributed by atoms with Gasteiger partial charge in [-0.2, -0.15) is 0 Å². The normalized spacial score (nSPS) is 11.8. The molecule has 0 bridgehead atoms. The van der Waals surface area contributed by atoms with Crippen LogP contribution in [0.2, 0.25) is 0 Å². The molecule has 0 aliphatic rings. The van der Waals surface area contributed by atoms with Crippen molar-refractivity contribution in [2.75, 3.05) is 6.61 Å². The summed E-state index contributed by atoms with van der Waals surface area (Å²) in [5.74, 6) is -1.14. The predicted molar refractivity (Wildman–Crippen MR) is 103 cm³/mol. The summed E-state index contributed by atoms with van der Waals surface area (Å²) in [5.41, 5.74) is 0. The molecule has 5 heteroatoms. The summed E-state index contributed by atoms with van der Waals surface area (Å²) in [6.07, 6.45) is 12.9. The Kier molecular flexibility index (Phi) is 16.1. The molecule has 0 aromatic carbocycles. The van der Waals surface area contributed by atoms with E-state index in [0.29, 0.717) is 6.61 Å². The van der Waals surface area contributed by atoms with E-state index in [1.807, 2.05) is 0 Å². The summed E-state index contributed by atoms with van der Waals surface area (Å²) >= 11 is 0. The molecule has 0 aliphatic carbocycles. The third-order valence-corrected chi connectivity index (χ3v) is 4.42. The number of carbonyl (C=O) groups excluding carboxylic acids is 3. The van der Waals surface area contributed by atoms with Gasteiger partial charge < -0.3 is 9.47 Å². The fourth-order valence-corrected chi connectivity index (χ4v) is 2.57. The van der Waals surface area contributed by atoms with Gasteiger partial charge in [-0.15, -0.1) is 0 Å². The molecular formula is C21H38O5. The maximum absolute atomic E-state index is 11.6. The van der Waals surface area contributed by atoms with Crippen LogP contribution in [0.15, 0.2) is 0 Å². The zero-order valence-electron chi connectivity index (χ0n) is 17.0. The Balaban J connectivity index is 3.39. The number of hydrogen-bond acceptors (Lipinski definition) is 5. The zero-order chi connectivity index (χ0) is 19.6. The maximum atomic E-state index is 11.6. The van der Waals surface area contributed by atoms with E-state index in [1.165, 1.54) is 71.6 Å². The lowest BCUT2D eigenvalue weighted by molar-refractivity contribution is -0.156. The highest BCUT2D eigenvalue weighted by molar-refractivity contribution is 5.84. The summed E-state index contributed by atoms with van der Waals surface area (Å²) in [6.45, 7) is 5.53. The van der Waals surface area contributed by atoms with Crippen LogP contribution in [-0.4, -0.2) is 30.4 Å². The molecule has 0 saturated carbocycles. The Morgan fingerprint density at radius 2 is 1.19 bits per heavy atom. The van der Waals surface area contributed by atoms with Crippen LogP contribution in [0.3, 0.4) is 0 Å². The molecule has 0 radical (unpaired) electrons. The van der Waals surface area contributed by atoms with Crippen LogP contribution in [0.4, 0.5) is 0 Å². The van der Waals surface area contributed by atoms with Gasteiger partial charge in [0.1, 0.15) is 0 Å². The fraction of sp³-hybridized carbons (Fsp3) is 0.857. The molecule has 0 heterocycles. The maximum Gasteiger partial charge on any atom is 0.307 e. The lowest BCUT2D eigenvalue weighted by Gasteiger charge is -2.09. The highest BCUT2D eigenvalue weighted by atomic mass is 16.5. The molecule has 0 N–H and O–H groups in total. The first-order chi connectivity index (χ1) is 12.5. The molecule has 1 unspecified atom stereocenters. The van der Waals surface area contributed by atoms with Gasteiger partial charge in [0.05, 0.1) is 19.4 Å². The van der Waals surface area contributed by atoms with Crippen LogP contribution in [0.5, 0.6) is 0 Å². The van der Waals surface area contributed by atoms with Crippen LogP contribution < -0.4 is 0 Å². The molecule has 1 atom stereocenters. The monoisotopic (exact) mass is 370 g/mol. The highest BCUT2D eigenvalue weighted by Crippen LogP contribution is 2.11. The Labute approximate surface area is 159 Å². The average molecular weight is 371 g/mol. The molecule has 0 fully saturated rings. The first kappa shape index (κ1) is 24.6. The number of unbranched alkanes of at least 4 members (excludes halogenated alkanes) is 10. The molecule has 0 spiro atoms. The summed E-state index contributed by atoms with van der Waals surface area (Å²) in [5, 5.41) is 0. The van der Waals surface area contributed by atoms with Gasteiger partial charge in [0.2, 0.25) is 0 Å². The quantitative estimate of drug-likeness (QED) is 0.262. The number of ether oxygens (including phenoxy) is 2. The van der Waals surface area contributed by atoms with E-state index in [-0.39, 0.29) is 24.6 Å². The Morgan fingerprint density at radius 1 is 0.731 bits per heavy atom. The van der Waals surface area contributed by atoms with E-state index in [9.17, 15) is 14.4 Å². The number of rotatable bonds is 17. The van der Waals surface area contributed by atoms with Crippen molar-refractivity contribution in [1.29, 1.82) is 0 Å². The third-order valence-electron chi connectivity index (χ3n) is 4.42. The van der Waals surface area contributed by atoms with Crippen molar-refractivity contribution in [2.24, 2.45) is 0 Å². The van der Waals surface area contributed by atoms with E-state index in [0.717, 1.165) is 12.8 Å². The Morgan fingerprint density at radius 3 is 1.69 bits per heavy atom. The molecule has 0 rings (SSSR count). The minimum Gasteiger partial charge on any atom is -0.466 e. The number of esters is 2. The van der Waals surface area contributed by atoms with Crippen LogP contribution >= 0.6 is 0 Å². The van der Waals surface area contributed by atoms with Crippen LogP contribution in [-0.2, 0) is 23.9 Å². The summed E-state index contributed by atoms with van der Waals surface area (Å²) in [6, 6.07) is 0. The zero-order valence-corrected chi connectivity index (χ0v) is 17.0. The number of hydrogen-bond donors (Lipinski definition) is 0. The molecule has 5 nitrogen and oxygen atoms in total. The molecule has 0 aromatic rings. The Bertz CT molecular complexity index is 392. The number of ketones is 1. The number of carbonyl (C=O) groups is 3. The molecule has 0 aliphatic heterocycles. The summed E-state index contributed by atoms with van der Waals surface area (Å²) in [4.78, 5) is 34.0. The second-order valence-electron chi connectivity index (χ2n) is 7.00. The van der Waals surface area contributed by atoms with Crippen molar-refractivity contribution < 1.29 is 23.9 Å². The van der Waals surface area contributed by atoms with Gasteiger partial charge in [-0.1, -0.05) is 71.1 Å². The summed E-state index contributed by atoms with van der Waals surface area (Å²) < 4.78 is 10.00. The number of Topliss-reactive ketones (excluding diaryl/α,β-unsaturated/α-hetero) is 1. The van der Waals surface area contributed by atoms with Gasteiger partial charge in [0, 0.05) is 0 Å². The largest absolute Gasteiger partial charge is 0.466 e. The van der Waals surface area contributed by atoms with Gasteiger partial charge >= 0.3 is 11.9 Å². The van der Waals surface area contributed by atoms with E-state index < -0.39 is 12.1 Å². The van der Waals surface area contributed by atoms with Gasteiger partial charge in [-0.3, -0.25) is 14.4 Å². The van der Waals surface area contributed by atoms with Crippen molar-refractivity contribution in [3.05, 3.63) is 0 Å². The first-order valence-corrected chi connectivity index (χ1v) is 10.3. The lowest BCUT2D eigenvalue weighted by atomic mass is 10.1. The molecule has 0 saturated heterocycles. The topological polar surface area (TPSA) is 69.7 Å². The fourth-order valence-electron chi connectivity index (χ4n) is 2.57. The van der Waals surface area contributed by atoms with E-state index >= 15 is 0 Å². The smallest absolute Gasteiger partial charge is 0.307 e. The predicted octanol–water partition coefficient (Wildman–Crippen LogP) is 5.14. The minimum atomic E-state index is -0.755. The van der Waals surface area contributed by atoms with Gasteiger partial charge in [0.25, 0.3) is 0 Å². The van der Waals surface area contributed by atoms with Gasteiger partial charge in [-0.25, -0.2) is 0 Å². The Hall–Kier alpha value is -1.39. The molecule has 0 aromatic heterocycles. The second kappa shape index (κ2) is 17.0. The molecule has 0 amide bonds. The van der Waals surface area contributed by atoms with Gasteiger partial charge in [0.15, 0.2) is 11.9 Å². The minimum absolute atomic E-state index is 0.00148. The van der Waals surface area contributed by atoms with Crippen molar-refractivity contribution >= 4 is 17.7 Å². The molecule has 26 heavy (non-hydrogen) atoms. The summed E-state index contributed by atoms with van der Waals surface area (Å²) in [7, 11) is 0. The van der Waals surface area contributed by atoms with Crippen LogP contribution in [0, 0.1) is 0 Å². The SMILES string of the molecule is CCCCCCCCCCCCCOC(=O)CCC(=O)OC(C)C(C)=O. The van der Waals surface area contributed by atoms with Crippen LogP contribution in [0.25, 0.3) is 0 Å². The molecular weight excluding hydrogens is 332 g/mol. The second-order valence-corrected chi connectivity index (χ2v) is 7.00. The standard InChI is InChI=1S/C21H38O5/c1-4-5-6-7-8-9-10-11-12-13-14-17-25-20(23)15-16-21(24)26-19(3)18(2)22/h19H,4-17H2,1-3H3. The molecule has 152 valence electrons. The third kappa shape index (κ3) is 16.1. The van der Waals surface area contributed by atoms with Crippen LogP contribution in [0.1, 0.15) is 104 Å². The van der Waals surface area contributed by atoms with Crippen molar-refractivity contribution in [1.82, 2.24) is 0 Å². The van der Waals surface area contributed by atoms with Crippen molar-refractivity contribution in [3.63, 3.8) is 0 Å². The van der Waals surface area contributed by atoms with Crippen molar-refractivity contribution in [2.45, 2.75) is 110 Å². The average Bonchev–Trinajstić information content (AvgIpc) is 2.60. The lowest BCUT2D eigenvalue weighted by Crippen LogP contribution is -2.22. The van der Waals surface area contributed by atoms with Crippen molar-refractivity contribution in [3.8, 4) is 0 Å². The van der Waals surface area contributed by atoms with E-state index in [4.69, 9.17) is 9.47 Å². The first-order valence-electron chi connectivity index (χ1n) is 10.3. The highest BCUT2D eigenvalue weighted by Gasteiger charge is 2.15. The van der Waals surface area contributed by atoms with Gasteiger partial charge in [-0.05, 0) is 20.3 Å².